The zero-order valence-electron chi connectivity index (χ0n) is 12.6. The van der Waals surface area contributed by atoms with Crippen LogP contribution in [0.4, 0.5) is 5.69 Å². The van der Waals surface area contributed by atoms with Gasteiger partial charge in [-0.3, -0.25) is 9.80 Å². The Morgan fingerprint density at radius 2 is 1.76 bits per heavy atom. The van der Waals surface area contributed by atoms with Crippen molar-refractivity contribution in [1.82, 2.24) is 9.80 Å². The molecule has 2 N–H and O–H groups in total. The summed E-state index contributed by atoms with van der Waals surface area (Å²) in [6.07, 6.45) is 0. The van der Waals surface area contributed by atoms with Gasteiger partial charge in [-0.15, -0.1) is 12.4 Å². The quantitative estimate of drug-likeness (QED) is 0.679. The summed E-state index contributed by atoms with van der Waals surface area (Å²) < 4.78 is 5.33. The highest BCUT2D eigenvalue weighted by atomic mass is 35.5. The van der Waals surface area contributed by atoms with Crippen molar-refractivity contribution in [2.75, 3.05) is 38.6 Å². The fourth-order valence-corrected chi connectivity index (χ4v) is 2.26. The molecule has 6 heteroatoms. The monoisotopic (exact) mass is 313 g/mol. The summed E-state index contributed by atoms with van der Waals surface area (Å²) in [5.41, 5.74) is 6.78. The number of anilines is 1. The second kappa shape index (κ2) is 8.22. The van der Waals surface area contributed by atoms with E-state index in [1.54, 1.807) is 24.3 Å². The molecule has 0 amide bonds. The second-order valence-corrected chi connectivity index (χ2v) is 5.43. The molecule has 0 aromatic heterocycles. The smallest absolute Gasteiger partial charge is 0.339 e. The number of carbonyl (C=O) groups is 1. The van der Waals surface area contributed by atoms with Gasteiger partial charge in [-0.05, 0) is 38.1 Å². The van der Waals surface area contributed by atoms with Crippen molar-refractivity contribution >= 4 is 24.1 Å². The van der Waals surface area contributed by atoms with Crippen molar-refractivity contribution in [1.29, 1.82) is 0 Å². The van der Waals surface area contributed by atoms with Crippen LogP contribution in [0.25, 0.3) is 0 Å². The molecule has 118 valence electrons. The first kappa shape index (κ1) is 17.8. The van der Waals surface area contributed by atoms with Gasteiger partial charge in [-0.25, -0.2) is 4.79 Å². The van der Waals surface area contributed by atoms with Crippen molar-refractivity contribution in [3.8, 4) is 0 Å². The third kappa shape index (κ3) is 5.19. The lowest BCUT2D eigenvalue weighted by atomic mass is 10.2. The maximum Gasteiger partial charge on any atom is 0.339 e. The van der Waals surface area contributed by atoms with Gasteiger partial charge in [0.05, 0.1) is 5.56 Å². The molecule has 0 aliphatic carbocycles. The molecule has 2 rings (SSSR count). The maximum atomic E-state index is 11.9. The fourth-order valence-electron chi connectivity index (χ4n) is 2.26. The van der Waals surface area contributed by atoms with E-state index in [4.69, 9.17) is 10.5 Å². The SMILES string of the molecule is CC(C)N1CCN(COC(=O)c2ccc(N)cc2)CC1.Cl. The lowest BCUT2D eigenvalue weighted by Gasteiger charge is -2.36. The standard InChI is InChI=1S/C15H23N3O2.ClH/c1-12(2)18-9-7-17(8-10-18)11-20-15(19)13-3-5-14(16)6-4-13;/h3-6,12H,7-11,16H2,1-2H3;1H. The summed E-state index contributed by atoms with van der Waals surface area (Å²) in [6.45, 7) is 8.69. The molecule has 1 aromatic carbocycles. The number of nitrogens with zero attached hydrogens (tertiary/aromatic N) is 2. The van der Waals surface area contributed by atoms with E-state index in [2.05, 4.69) is 23.6 Å². The number of benzene rings is 1. The molecule has 21 heavy (non-hydrogen) atoms. The molecule has 0 saturated carbocycles. The van der Waals surface area contributed by atoms with Gasteiger partial charge in [-0.1, -0.05) is 0 Å². The van der Waals surface area contributed by atoms with Crippen LogP contribution in [0.15, 0.2) is 24.3 Å². The van der Waals surface area contributed by atoms with Crippen molar-refractivity contribution < 1.29 is 9.53 Å². The van der Waals surface area contributed by atoms with Crippen molar-refractivity contribution in [2.45, 2.75) is 19.9 Å². The largest absolute Gasteiger partial charge is 0.446 e. The number of nitrogens with two attached hydrogens (primary N) is 1. The summed E-state index contributed by atoms with van der Waals surface area (Å²) >= 11 is 0. The molecule has 1 saturated heterocycles. The Labute approximate surface area is 132 Å². The van der Waals surface area contributed by atoms with Crippen molar-refractivity contribution in [3.63, 3.8) is 0 Å². The van der Waals surface area contributed by atoms with E-state index in [1.807, 2.05) is 0 Å². The Morgan fingerprint density at radius 1 is 1.19 bits per heavy atom. The summed E-state index contributed by atoms with van der Waals surface area (Å²) in [5, 5.41) is 0. The molecule has 0 radical (unpaired) electrons. The van der Waals surface area contributed by atoms with Crippen LogP contribution >= 0.6 is 12.4 Å². The minimum atomic E-state index is -0.295. The van der Waals surface area contributed by atoms with Gasteiger partial charge in [0.25, 0.3) is 0 Å². The Kier molecular flexibility index (Phi) is 6.95. The molecule has 1 aromatic rings. The van der Waals surface area contributed by atoms with Crippen molar-refractivity contribution in [2.24, 2.45) is 0 Å². The van der Waals surface area contributed by atoms with Crippen LogP contribution < -0.4 is 5.73 Å². The van der Waals surface area contributed by atoms with Gasteiger partial charge in [-0.2, -0.15) is 0 Å². The number of ether oxygens (including phenoxy) is 1. The summed E-state index contributed by atoms with van der Waals surface area (Å²) in [5.74, 6) is -0.295. The number of halogens is 1. The first-order valence-electron chi connectivity index (χ1n) is 7.05. The highest BCUT2D eigenvalue weighted by Crippen LogP contribution is 2.09. The normalized spacial score (nSPS) is 16.5. The average Bonchev–Trinajstić information content (AvgIpc) is 2.46. The number of hydrogen-bond donors (Lipinski definition) is 1. The van der Waals surface area contributed by atoms with Gasteiger partial charge in [0.2, 0.25) is 0 Å². The van der Waals surface area contributed by atoms with Crippen LogP contribution in [0, 0.1) is 0 Å². The number of hydrogen-bond acceptors (Lipinski definition) is 5. The topological polar surface area (TPSA) is 58.8 Å². The van der Waals surface area contributed by atoms with Gasteiger partial charge in [0, 0.05) is 37.9 Å². The third-order valence-electron chi connectivity index (χ3n) is 3.66. The number of piperazine rings is 1. The van der Waals surface area contributed by atoms with E-state index in [1.165, 1.54) is 0 Å². The third-order valence-corrected chi connectivity index (χ3v) is 3.66. The fraction of sp³-hybridized carbons (Fsp3) is 0.533. The van der Waals surface area contributed by atoms with Gasteiger partial charge in [0.1, 0.15) is 6.73 Å². The van der Waals surface area contributed by atoms with Gasteiger partial charge < -0.3 is 10.5 Å². The molecule has 0 unspecified atom stereocenters. The van der Waals surface area contributed by atoms with Crippen LogP contribution in [-0.2, 0) is 4.74 Å². The highest BCUT2D eigenvalue weighted by Gasteiger charge is 2.19. The van der Waals surface area contributed by atoms with Crippen LogP contribution in [0.3, 0.4) is 0 Å². The van der Waals surface area contributed by atoms with Crippen LogP contribution in [0.1, 0.15) is 24.2 Å². The maximum absolute atomic E-state index is 11.9. The first-order valence-corrected chi connectivity index (χ1v) is 7.05. The van der Waals surface area contributed by atoms with E-state index in [9.17, 15) is 4.79 Å². The Bertz CT molecular complexity index is 443. The Hall–Kier alpha value is -1.30. The summed E-state index contributed by atoms with van der Waals surface area (Å²) in [7, 11) is 0. The minimum absolute atomic E-state index is 0. The molecule has 1 aliphatic heterocycles. The molecule has 1 aliphatic rings. The van der Waals surface area contributed by atoms with E-state index in [0.29, 0.717) is 24.0 Å². The molecular weight excluding hydrogens is 290 g/mol. The summed E-state index contributed by atoms with van der Waals surface area (Å²) in [4.78, 5) is 16.5. The zero-order chi connectivity index (χ0) is 14.5. The number of esters is 1. The van der Waals surface area contributed by atoms with Gasteiger partial charge >= 0.3 is 5.97 Å². The molecule has 0 bridgehead atoms. The minimum Gasteiger partial charge on any atom is -0.446 e. The van der Waals surface area contributed by atoms with Crippen LogP contribution in [0.5, 0.6) is 0 Å². The number of nitrogen functional groups attached to an aromatic ring is 1. The molecule has 5 nitrogen and oxygen atoms in total. The molecule has 0 atom stereocenters. The first-order chi connectivity index (χ1) is 9.56. The van der Waals surface area contributed by atoms with E-state index in [-0.39, 0.29) is 18.4 Å². The number of rotatable bonds is 4. The number of carbonyl (C=O) groups excluding carboxylic acids is 1. The van der Waals surface area contributed by atoms with E-state index < -0.39 is 0 Å². The molecule has 1 fully saturated rings. The average molecular weight is 314 g/mol. The zero-order valence-corrected chi connectivity index (χ0v) is 13.4. The van der Waals surface area contributed by atoms with Crippen LogP contribution in [0.2, 0.25) is 0 Å². The van der Waals surface area contributed by atoms with Crippen LogP contribution in [-0.4, -0.2) is 54.7 Å². The second-order valence-electron chi connectivity index (χ2n) is 5.43. The lowest BCUT2D eigenvalue weighted by Crippen LogP contribution is -2.49. The molecule has 1 heterocycles. The predicted octanol–water partition coefficient (Wildman–Crippen LogP) is 1.83. The van der Waals surface area contributed by atoms with E-state index >= 15 is 0 Å². The predicted molar refractivity (Wildman–Crippen MR) is 86.7 cm³/mol. The molecule has 0 spiro atoms. The van der Waals surface area contributed by atoms with E-state index in [0.717, 1.165) is 26.2 Å². The summed E-state index contributed by atoms with van der Waals surface area (Å²) in [6, 6.07) is 7.37. The van der Waals surface area contributed by atoms with Gasteiger partial charge in [0.15, 0.2) is 0 Å². The molecular formula is C15H24ClN3O2. The lowest BCUT2D eigenvalue weighted by molar-refractivity contribution is 0.00394. The van der Waals surface area contributed by atoms with Crippen molar-refractivity contribution in [3.05, 3.63) is 29.8 Å². The Morgan fingerprint density at radius 3 is 2.29 bits per heavy atom. The Balaban J connectivity index is 0.00000220. The highest BCUT2D eigenvalue weighted by molar-refractivity contribution is 5.89.